The van der Waals surface area contributed by atoms with Crippen LogP contribution in [-0.4, -0.2) is 24.5 Å². The zero-order chi connectivity index (χ0) is 14.8. The van der Waals surface area contributed by atoms with Gasteiger partial charge in [-0.15, -0.1) is 0 Å². The lowest BCUT2D eigenvalue weighted by atomic mass is 10.0. The molecule has 108 valence electrons. The highest BCUT2D eigenvalue weighted by Crippen LogP contribution is 2.49. The van der Waals surface area contributed by atoms with E-state index < -0.39 is 4.92 Å². The van der Waals surface area contributed by atoms with Crippen LogP contribution in [0.25, 0.3) is 0 Å². The van der Waals surface area contributed by atoms with E-state index in [1.54, 1.807) is 0 Å². The van der Waals surface area contributed by atoms with Gasteiger partial charge in [0.1, 0.15) is 0 Å². The van der Waals surface area contributed by atoms with E-state index in [2.05, 4.69) is 0 Å². The van der Waals surface area contributed by atoms with Gasteiger partial charge < -0.3 is 15.2 Å². The summed E-state index contributed by atoms with van der Waals surface area (Å²) in [5.74, 6) is 0.933. The molecule has 20 heavy (non-hydrogen) atoms. The SMILES string of the molecule is COc1ccc([N+](=O)[O-])cc1OCC1(CC(=N)N)CC1. The van der Waals surface area contributed by atoms with Crippen molar-refractivity contribution in [3.05, 3.63) is 28.3 Å². The van der Waals surface area contributed by atoms with Gasteiger partial charge in [-0.2, -0.15) is 0 Å². The molecule has 1 aliphatic rings. The predicted molar refractivity (Wildman–Crippen MR) is 73.3 cm³/mol. The third kappa shape index (κ3) is 3.17. The van der Waals surface area contributed by atoms with Crippen LogP contribution in [0.3, 0.4) is 0 Å². The summed E-state index contributed by atoms with van der Waals surface area (Å²) in [7, 11) is 1.48. The number of hydrogen-bond donors (Lipinski definition) is 2. The molecule has 0 amide bonds. The Labute approximate surface area is 116 Å². The number of nitrogens with one attached hydrogen (secondary N) is 1. The number of ether oxygens (including phenoxy) is 2. The van der Waals surface area contributed by atoms with Gasteiger partial charge in [-0.25, -0.2) is 0 Å². The fraction of sp³-hybridized carbons (Fsp3) is 0.462. The molecule has 0 spiro atoms. The molecule has 7 heteroatoms. The molecular weight excluding hydrogens is 262 g/mol. The standard InChI is InChI=1S/C13H17N3O4/c1-19-10-3-2-9(16(17)18)6-11(10)20-8-13(4-5-13)7-12(14)15/h2-3,6H,4-5,7-8H2,1H3,(H3,14,15). The summed E-state index contributed by atoms with van der Waals surface area (Å²) in [6.07, 6.45) is 2.39. The normalized spacial score (nSPS) is 15.4. The molecule has 0 aromatic heterocycles. The van der Waals surface area contributed by atoms with E-state index in [1.165, 1.54) is 25.3 Å². The molecule has 0 saturated heterocycles. The Morgan fingerprint density at radius 2 is 2.20 bits per heavy atom. The van der Waals surface area contributed by atoms with Crippen molar-refractivity contribution in [1.82, 2.24) is 0 Å². The zero-order valence-corrected chi connectivity index (χ0v) is 11.2. The summed E-state index contributed by atoms with van der Waals surface area (Å²) < 4.78 is 10.8. The average Bonchev–Trinajstić information content (AvgIpc) is 3.15. The Morgan fingerprint density at radius 1 is 1.50 bits per heavy atom. The molecule has 0 aliphatic heterocycles. The molecule has 7 nitrogen and oxygen atoms in total. The van der Waals surface area contributed by atoms with Crippen LogP contribution in [0, 0.1) is 20.9 Å². The molecule has 0 unspecified atom stereocenters. The Morgan fingerprint density at radius 3 is 2.70 bits per heavy atom. The van der Waals surface area contributed by atoms with E-state index >= 15 is 0 Å². The van der Waals surface area contributed by atoms with E-state index in [4.69, 9.17) is 20.6 Å². The Bertz CT molecular complexity index is 540. The molecule has 1 aromatic carbocycles. The number of nitro groups is 1. The van der Waals surface area contributed by atoms with Crippen molar-refractivity contribution >= 4 is 11.5 Å². The number of rotatable bonds is 7. The zero-order valence-electron chi connectivity index (χ0n) is 11.2. The van der Waals surface area contributed by atoms with E-state index in [1.807, 2.05) is 0 Å². The van der Waals surface area contributed by atoms with Gasteiger partial charge >= 0.3 is 0 Å². The van der Waals surface area contributed by atoms with Gasteiger partial charge in [0.2, 0.25) is 0 Å². The number of nitro benzene ring substituents is 1. The highest BCUT2D eigenvalue weighted by atomic mass is 16.6. The molecule has 1 aliphatic carbocycles. The van der Waals surface area contributed by atoms with Crippen molar-refractivity contribution in [2.45, 2.75) is 19.3 Å². The van der Waals surface area contributed by atoms with Crippen molar-refractivity contribution < 1.29 is 14.4 Å². The number of hydrogen-bond acceptors (Lipinski definition) is 5. The van der Waals surface area contributed by atoms with Gasteiger partial charge in [0.05, 0.1) is 30.5 Å². The summed E-state index contributed by atoms with van der Waals surface area (Å²) in [4.78, 5) is 10.3. The highest BCUT2D eigenvalue weighted by Gasteiger charge is 2.44. The smallest absolute Gasteiger partial charge is 0.273 e. The van der Waals surface area contributed by atoms with Gasteiger partial charge in [-0.05, 0) is 18.9 Å². The minimum atomic E-state index is -0.477. The van der Waals surface area contributed by atoms with Gasteiger partial charge in [0, 0.05) is 17.9 Å². The Kier molecular flexibility index (Phi) is 3.78. The van der Waals surface area contributed by atoms with Gasteiger partial charge in [-0.3, -0.25) is 15.5 Å². The second-order valence-corrected chi connectivity index (χ2v) is 5.08. The first-order valence-corrected chi connectivity index (χ1v) is 6.24. The molecule has 1 saturated carbocycles. The van der Waals surface area contributed by atoms with Crippen LogP contribution >= 0.6 is 0 Å². The first-order valence-electron chi connectivity index (χ1n) is 6.24. The number of non-ortho nitro benzene ring substituents is 1. The number of methoxy groups -OCH3 is 1. The molecule has 1 aromatic rings. The maximum Gasteiger partial charge on any atom is 0.273 e. The van der Waals surface area contributed by atoms with Crippen LogP contribution in [-0.2, 0) is 0 Å². The second-order valence-electron chi connectivity index (χ2n) is 5.08. The molecule has 0 radical (unpaired) electrons. The summed E-state index contributed by atoms with van der Waals surface area (Å²) in [6.45, 7) is 0.379. The topological polar surface area (TPSA) is 111 Å². The summed E-state index contributed by atoms with van der Waals surface area (Å²) >= 11 is 0. The highest BCUT2D eigenvalue weighted by molar-refractivity contribution is 5.78. The number of nitrogens with two attached hydrogens (primary N) is 1. The van der Waals surface area contributed by atoms with Crippen LogP contribution in [0.1, 0.15) is 19.3 Å². The minimum absolute atomic E-state index is 0.0442. The van der Waals surface area contributed by atoms with E-state index in [-0.39, 0.29) is 16.9 Å². The Balaban J connectivity index is 2.10. The van der Waals surface area contributed by atoms with Gasteiger partial charge in [-0.1, -0.05) is 0 Å². The van der Waals surface area contributed by atoms with Crippen molar-refractivity contribution in [3.63, 3.8) is 0 Å². The van der Waals surface area contributed by atoms with Crippen LogP contribution in [0.4, 0.5) is 5.69 Å². The number of nitrogens with zero attached hydrogens (tertiary/aromatic N) is 1. The molecular formula is C13H17N3O4. The lowest BCUT2D eigenvalue weighted by Crippen LogP contribution is -2.21. The second kappa shape index (κ2) is 5.36. The Hall–Kier alpha value is -2.31. The van der Waals surface area contributed by atoms with Gasteiger partial charge in [0.25, 0.3) is 5.69 Å². The van der Waals surface area contributed by atoms with E-state index in [0.717, 1.165) is 12.8 Å². The number of amidine groups is 1. The van der Waals surface area contributed by atoms with E-state index in [9.17, 15) is 10.1 Å². The fourth-order valence-electron chi connectivity index (χ4n) is 2.08. The molecule has 0 heterocycles. The third-order valence-electron chi connectivity index (χ3n) is 3.41. The molecule has 3 N–H and O–H groups in total. The average molecular weight is 279 g/mol. The van der Waals surface area contributed by atoms with Crippen LogP contribution < -0.4 is 15.2 Å². The number of benzene rings is 1. The molecule has 0 bridgehead atoms. The minimum Gasteiger partial charge on any atom is -0.493 e. The lowest BCUT2D eigenvalue weighted by molar-refractivity contribution is -0.385. The fourth-order valence-corrected chi connectivity index (χ4v) is 2.08. The van der Waals surface area contributed by atoms with Crippen molar-refractivity contribution in [3.8, 4) is 11.5 Å². The maximum atomic E-state index is 10.8. The van der Waals surface area contributed by atoms with Crippen molar-refractivity contribution in [1.29, 1.82) is 5.41 Å². The molecule has 2 rings (SSSR count). The maximum absolute atomic E-state index is 10.8. The quantitative estimate of drug-likeness (QED) is 0.343. The molecule has 0 atom stereocenters. The van der Waals surface area contributed by atoms with Crippen LogP contribution in [0.5, 0.6) is 11.5 Å². The third-order valence-corrected chi connectivity index (χ3v) is 3.41. The van der Waals surface area contributed by atoms with Crippen LogP contribution in [0.15, 0.2) is 18.2 Å². The largest absolute Gasteiger partial charge is 0.493 e. The van der Waals surface area contributed by atoms with Gasteiger partial charge in [0.15, 0.2) is 11.5 Å². The van der Waals surface area contributed by atoms with Crippen LogP contribution in [0.2, 0.25) is 0 Å². The van der Waals surface area contributed by atoms with Crippen molar-refractivity contribution in [2.75, 3.05) is 13.7 Å². The molecule has 1 fully saturated rings. The monoisotopic (exact) mass is 279 g/mol. The summed E-state index contributed by atoms with van der Waals surface area (Å²) in [5.41, 5.74) is 5.28. The first-order chi connectivity index (χ1) is 9.46. The summed E-state index contributed by atoms with van der Waals surface area (Å²) in [5, 5.41) is 18.1. The summed E-state index contributed by atoms with van der Waals surface area (Å²) in [6, 6.07) is 4.23. The predicted octanol–water partition coefficient (Wildman–Crippen LogP) is 2.09. The lowest BCUT2D eigenvalue weighted by Gasteiger charge is -2.16. The van der Waals surface area contributed by atoms with E-state index in [0.29, 0.717) is 24.5 Å². The first kappa shape index (κ1) is 14.1. The van der Waals surface area contributed by atoms with Crippen molar-refractivity contribution in [2.24, 2.45) is 11.1 Å².